The standard InChI is InChI=1S/C41H43N3O3/c1-3-4-5-6-7-9-13-30-17-24-35(25-18-30)43-27-12-14-34-28-33(23-26-37(34)43)29(2)31-19-21-32(22-20-31)38-39(41(46)47)42-44(40(38)45)36-15-10-8-11-16-36/h8,10-11,15-26,28H,3-7,9,12-14,27H2,1-2H3,(H,46,47). The first kappa shape index (κ1) is 32.0. The maximum Gasteiger partial charge on any atom is 0.357 e. The molecule has 6 nitrogen and oxygen atoms in total. The number of nitrogens with zero attached hydrogens (tertiary/aromatic N) is 3. The number of hydrogen-bond donors (Lipinski definition) is 1. The van der Waals surface area contributed by atoms with E-state index in [0.29, 0.717) is 10.9 Å². The van der Waals surface area contributed by atoms with Gasteiger partial charge in [0.1, 0.15) is 0 Å². The fraction of sp³-hybridized carbons (Fsp3) is 0.293. The van der Waals surface area contributed by atoms with Crippen LogP contribution in [0.4, 0.5) is 17.1 Å². The lowest BCUT2D eigenvalue weighted by Crippen LogP contribution is -2.27. The van der Waals surface area contributed by atoms with E-state index in [1.54, 1.807) is 24.3 Å². The minimum atomic E-state index is -1.23. The Hall–Kier alpha value is -4.97. The lowest BCUT2D eigenvalue weighted by molar-refractivity contribution is -0.129. The quantitative estimate of drug-likeness (QED) is 0.175. The van der Waals surface area contributed by atoms with Gasteiger partial charge in [0.15, 0.2) is 5.71 Å². The van der Waals surface area contributed by atoms with Crippen molar-refractivity contribution in [1.29, 1.82) is 0 Å². The first-order valence-corrected chi connectivity index (χ1v) is 17.0. The zero-order valence-electron chi connectivity index (χ0n) is 27.4. The third-order valence-electron chi connectivity index (χ3n) is 9.35. The van der Waals surface area contributed by atoms with Gasteiger partial charge >= 0.3 is 5.97 Å². The van der Waals surface area contributed by atoms with Gasteiger partial charge in [0.2, 0.25) is 0 Å². The number of carboxylic acids is 1. The highest BCUT2D eigenvalue weighted by atomic mass is 16.4. The van der Waals surface area contributed by atoms with Crippen molar-refractivity contribution >= 4 is 45.8 Å². The molecule has 0 saturated carbocycles. The van der Waals surface area contributed by atoms with E-state index in [1.165, 1.54) is 61.0 Å². The van der Waals surface area contributed by atoms with Gasteiger partial charge in [-0.3, -0.25) is 4.79 Å². The smallest absolute Gasteiger partial charge is 0.357 e. The minimum Gasteiger partial charge on any atom is -0.476 e. The SMILES string of the molecule is CCCCCCCCc1ccc(N2CCCc3cc(C(C)=c4ccc(=C5C(=O)N(c6ccccc6)N=C5C(=O)O)cc4)ccc32)cc1. The summed E-state index contributed by atoms with van der Waals surface area (Å²) in [5.74, 6) is -1.68. The molecule has 4 aromatic rings. The molecule has 1 N–H and O–H groups in total. The molecule has 240 valence electrons. The fourth-order valence-corrected chi connectivity index (χ4v) is 6.66. The normalized spacial score (nSPS) is 14.3. The number of amides is 1. The van der Waals surface area contributed by atoms with Crippen LogP contribution in [0.2, 0.25) is 0 Å². The summed E-state index contributed by atoms with van der Waals surface area (Å²) in [6.45, 7) is 5.38. The second-order valence-corrected chi connectivity index (χ2v) is 12.6. The van der Waals surface area contributed by atoms with Crippen molar-refractivity contribution in [3.8, 4) is 0 Å². The monoisotopic (exact) mass is 625 g/mol. The fourth-order valence-electron chi connectivity index (χ4n) is 6.66. The van der Waals surface area contributed by atoms with Crippen molar-refractivity contribution in [3.63, 3.8) is 0 Å². The van der Waals surface area contributed by atoms with Crippen molar-refractivity contribution in [2.45, 2.75) is 71.6 Å². The number of fused-ring (bicyclic) bond motifs is 1. The predicted octanol–water partition coefficient (Wildman–Crippen LogP) is 7.53. The van der Waals surface area contributed by atoms with Crippen molar-refractivity contribution in [2.24, 2.45) is 5.10 Å². The molecule has 1 amide bonds. The van der Waals surface area contributed by atoms with Gasteiger partial charge in [-0.1, -0.05) is 99.7 Å². The Morgan fingerprint density at radius 3 is 2.28 bits per heavy atom. The summed E-state index contributed by atoms with van der Waals surface area (Å²) in [5, 5.41) is 16.7. The van der Waals surface area contributed by atoms with Crippen LogP contribution in [-0.2, 0) is 22.4 Å². The van der Waals surface area contributed by atoms with Crippen molar-refractivity contribution in [3.05, 3.63) is 124 Å². The van der Waals surface area contributed by atoms with Crippen molar-refractivity contribution in [1.82, 2.24) is 0 Å². The molecule has 0 radical (unpaired) electrons. The third kappa shape index (κ3) is 7.07. The third-order valence-corrected chi connectivity index (χ3v) is 9.35. The van der Waals surface area contributed by atoms with E-state index < -0.39 is 11.9 Å². The number of carbonyl (C=O) groups excluding carboxylic acids is 1. The number of aliphatic carboxylic acids is 1. The summed E-state index contributed by atoms with van der Waals surface area (Å²) in [4.78, 5) is 27.8. The summed E-state index contributed by atoms with van der Waals surface area (Å²) in [5.41, 5.74) is 7.92. The van der Waals surface area contributed by atoms with Crippen LogP contribution in [0, 0.1) is 0 Å². The molecule has 2 heterocycles. The molecule has 0 atom stereocenters. The Kier molecular flexibility index (Phi) is 9.96. The largest absolute Gasteiger partial charge is 0.476 e. The van der Waals surface area contributed by atoms with Gasteiger partial charge in [0.25, 0.3) is 5.91 Å². The van der Waals surface area contributed by atoms with Gasteiger partial charge in [-0.05, 0) is 102 Å². The van der Waals surface area contributed by atoms with Gasteiger partial charge < -0.3 is 10.0 Å². The summed E-state index contributed by atoms with van der Waals surface area (Å²) >= 11 is 0. The number of carbonyl (C=O) groups is 2. The molecule has 0 aromatic heterocycles. The number of unbranched alkanes of at least 4 members (excludes halogenated alkanes) is 5. The highest BCUT2D eigenvalue weighted by Crippen LogP contribution is 2.35. The first-order chi connectivity index (χ1) is 22.9. The maximum absolute atomic E-state index is 13.3. The molecular weight excluding hydrogens is 582 g/mol. The number of rotatable bonds is 11. The summed E-state index contributed by atoms with van der Waals surface area (Å²) in [6, 6.07) is 32.3. The van der Waals surface area contributed by atoms with E-state index in [2.05, 4.69) is 66.3 Å². The average molecular weight is 626 g/mol. The summed E-state index contributed by atoms with van der Waals surface area (Å²) in [6.07, 6.45) is 11.2. The Labute approximate surface area is 277 Å². The van der Waals surface area contributed by atoms with Crippen LogP contribution in [0.15, 0.2) is 102 Å². The lowest BCUT2D eigenvalue weighted by Gasteiger charge is -2.32. The van der Waals surface area contributed by atoms with E-state index >= 15 is 0 Å². The number of carboxylic acid groups (broad SMARTS) is 1. The maximum atomic E-state index is 13.3. The highest BCUT2D eigenvalue weighted by Gasteiger charge is 2.35. The number of hydrogen-bond acceptors (Lipinski definition) is 4. The summed E-state index contributed by atoms with van der Waals surface area (Å²) in [7, 11) is 0. The van der Waals surface area contributed by atoms with Crippen LogP contribution in [-0.4, -0.2) is 29.2 Å². The number of aryl methyl sites for hydroxylation is 2. The van der Waals surface area contributed by atoms with Crippen molar-refractivity contribution in [2.75, 3.05) is 16.5 Å². The molecule has 2 aliphatic heterocycles. The Balaban J connectivity index is 1.21. The second kappa shape index (κ2) is 14.6. The van der Waals surface area contributed by atoms with Crippen LogP contribution >= 0.6 is 0 Å². The van der Waals surface area contributed by atoms with E-state index in [0.717, 1.165) is 47.2 Å². The number of hydrazone groups is 1. The van der Waals surface area contributed by atoms with Crippen LogP contribution in [0.1, 0.15) is 75.5 Å². The Morgan fingerprint density at radius 2 is 1.55 bits per heavy atom. The van der Waals surface area contributed by atoms with E-state index in [1.807, 2.05) is 30.3 Å². The van der Waals surface area contributed by atoms with Gasteiger partial charge in [-0.15, -0.1) is 0 Å². The van der Waals surface area contributed by atoms with Gasteiger partial charge in [-0.2, -0.15) is 10.1 Å². The Morgan fingerprint density at radius 1 is 0.830 bits per heavy atom. The number of anilines is 3. The molecule has 6 heteroatoms. The second-order valence-electron chi connectivity index (χ2n) is 12.6. The summed E-state index contributed by atoms with van der Waals surface area (Å²) < 4.78 is 0. The molecule has 2 aliphatic rings. The van der Waals surface area contributed by atoms with Crippen LogP contribution < -0.4 is 20.3 Å². The van der Waals surface area contributed by atoms with Crippen LogP contribution in [0.5, 0.6) is 0 Å². The van der Waals surface area contributed by atoms with Gasteiger partial charge in [-0.25, -0.2) is 4.79 Å². The molecule has 0 spiro atoms. The minimum absolute atomic E-state index is 0.0925. The Bertz CT molecular complexity index is 1890. The first-order valence-electron chi connectivity index (χ1n) is 17.0. The molecular formula is C41H43N3O3. The molecule has 0 fully saturated rings. The van der Waals surface area contributed by atoms with Gasteiger partial charge in [0.05, 0.1) is 11.3 Å². The van der Waals surface area contributed by atoms with Crippen molar-refractivity contribution < 1.29 is 14.7 Å². The lowest BCUT2D eigenvalue weighted by atomic mass is 9.95. The molecule has 6 rings (SSSR count). The zero-order chi connectivity index (χ0) is 32.8. The molecule has 4 aromatic carbocycles. The average Bonchev–Trinajstić information content (AvgIpc) is 3.47. The molecule has 47 heavy (non-hydrogen) atoms. The molecule has 0 saturated heterocycles. The van der Waals surface area contributed by atoms with E-state index in [4.69, 9.17) is 0 Å². The van der Waals surface area contributed by atoms with Gasteiger partial charge in [0, 0.05) is 17.9 Å². The van der Waals surface area contributed by atoms with Crippen LogP contribution in [0.3, 0.4) is 0 Å². The number of para-hydroxylation sites is 1. The molecule has 0 aliphatic carbocycles. The highest BCUT2D eigenvalue weighted by molar-refractivity contribution is 6.65. The topological polar surface area (TPSA) is 73.2 Å². The zero-order valence-corrected chi connectivity index (χ0v) is 27.4. The molecule has 0 unspecified atom stereocenters. The predicted molar refractivity (Wildman–Crippen MR) is 192 cm³/mol. The van der Waals surface area contributed by atoms with Crippen LogP contribution in [0.25, 0.3) is 11.1 Å². The van der Waals surface area contributed by atoms with E-state index in [-0.39, 0.29) is 11.3 Å². The van der Waals surface area contributed by atoms with E-state index in [9.17, 15) is 14.7 Å². The molecule has 0 bridgehead atoms. The number of benzene rings is 4.